The number of aromatic nitrogens is 1. The Bertz CT molecular complexity index is 598. The second-order valence-electron chi connectivity index (χ2n) is 4.57. The third kappa shape index (κ3) is 3.06. The molecule has 2 aromatic rings. The molecule has 1 amide bonds. The predicted molar refractivity (Wildman–Crippen MR) is 80.6 cm³/mol. The Morgan fingerprint density at radius 2 is 2.20 bits per heavy atom. The van der Waals surface area contributed by atoms with Gasteiger partial charge in [-0.1, -0.05) is 6.07 Å². The van der Waals surface area contributed by atoms with Crippen LogP contribution in [0.2, 0.25) is 0 Å². The third-order valence-electron chi connectivity index (χ3n) is 3.07. The molecular formula is C15H18N4O. The highest BCUT2D eigenvalue weighted by Gasteiger charge is 2.10. The minimum Gasteiger partial charge on any atom is -0.397 e. The van der Waals surface area contributed by atoms with Crippen LogP contribution in [0.3, 0.4) is 0 Å². The van der Waals surface area contributed by atoms with Crippen molar-refractivity contribution in [3.8, 4) is 0 Å². The van der Waals surface area contributed by atoms with Crippen LogP contribution in [0.1, 0.15) is 15.9 Å². The smallest absolute Gasteiger partial charge is 0.251 e. The molecule has 0 atom stereocenters. The Morgan fingerprint density at radius 3 is 2.80 bits per heavy atom. The van der Waals surface area contributed by atoms with Crippen LogP contribution in [0.15, 0.2) is 42.7 Å². The molecule has 104 valence electrons. The number of anilines is 2. The molecule has 3 N–H and O–H groups in total. The van der Waals surface area contributed by atoms with Gasteiger partial charge in [-0.3, -0.25) is 9.78 Å². The van der Waals surface area contributed by atoms with Crippen molar-refractivity contribution in [1.29, 1.82) is 0 Å². The molecule has 0 aliphatic rings. The number of amides is 1. The van der Waals surface area contributed by atoms with E-state index < -0.39 is 0 Å². The number of nitrogens with one attached hydrogen (secondary N) is 1. The van der Waals surface area contributed by atoms with Gasteiger partial charge in [-0.15, -0.1) is 0 Å². The fraction of sp³-hybridized carbons (Fsp3) is 0.200. The summed E-state index contributed by atoms with van der Waals surface area (Å²) >= 11 is 0. The van der Waals surface area contributed by atoms with Gasteiger partial charge in [0.05, 0.1) is 11.4 Å². The van der Waals surface area contributed by atoms with Crippen molar-refractivity contribution in [3.63, 3.8) is 0 Å². The van der Waals surface area contributed by atoms with E-state index in [-0.39, 0.29) is 5.91 Å². The van der Waals surface area contributed by atoms with Gasteiger partial charge in [0.1, 0.15) is 0 Å². The number of nitrogen functional groups attached to an aromatic ring is 1. The van der Waals surface area contributed by atoms with Crippen molar-refractivity contribution in [2.45, 2.75) is 6.54 Å². The first-order valence-electron chi connectivity index (χ1n) is 6.33. The van der Waals surface area contributed by atoms with Crippen molar-refractivity contribution in [2.75, 3.05) is 24.7 Å². The van der Waals surface area contributed by atoms with E-state index in [9.17, 15) is 4.79 Å². The molecule has 5 nitrogen and oxygen atoms in total. The number of rotatable bonds is 4. The van der Waals surface area contributed by atoms with E-state index in [1.807, 2.05) is 36.3 Å². The molecule has 0 spiro atoms. The molecule has 0 saturated carbocycles. The van der Waals surface area contributed by atoms with E-state index in [0.717, 1.165) is 11.3 Å². The summed E-state index contributed by atoms with van der Waals surface area (Å²) in [5.74, 6) is -0.141. The minimum atomic E-state index is -0.141. The highest BCUT2D eigenvalue weighted by Crippen LogP contribution is 2.24. The maximum Gasteiger partial charge on any atom is 0.251 e. The van der Waals surface area contributed by atoms with Crippen LogP contribution in [0.4, 0.5) is 11.4 Å². The lowest BCUT2D eigenvalue weighted by atomic mass is 10.1. The van der Waals surface area contributed by atoms with E-state index in [0.29, 0.717) is 17.8 Å². The quantitative estimate of drug-likeness (QED) is 0.829. The first kappa shape index (κ1) is 13.9. The molecule has 5 heteroatoms. The molecule has 0 aliphatic carbocycles. The predicted octanol–water partition coefficient (Wildman–Crippen LogP) is 1.66. The molecule has 0 fully saturated rings. The van der Waals surface area contributed by atoms with Crippen LogP contribution in [0.25, 0.3) is 0 Å². The van der Waals surface area contributed by atoms with Gasteiger partial charge < -0.3 is 16.0 Å². The van der Waals surface area contributed by atoms with Gasteiger partial charge in [0.25, 0.3) is 5.91 Å². The van der Waals surface area contributed by atoms with Crippen LogP contribution in [-0.4, -0.2) is 25.0 Å². The van der Waals surface area contributed by atoms with Crippen LogP contribution in [0.5, 0.6) is 0 Å². The monoisotopic (exact) mass is 270 g/mol. The van der Waals surface area contributed by atoms with E-state index in [4.69, 9.17) is 5.73 Å². The number of hydrogen-bond donors (Lipinski definition) is 2. The summed E-state index contributed by atoms with van der Waals surface area (Å²) in [5, 5.41) is 2.58. The van der Waals surface area contributed by atoms with E-state index in [2.05, 4.69) is 10.3 Å². The third-order valence-corrected chi connectivity index (χ3v) is 3.07. The zero-order valence-corrected chi connectivity index (χ0v) is 11.6. The highest BCUT2D eigenvalue weighted by atomic mass is 16.1. The van der Waals surface area contributed by atoms with Crippen LogP contribution >= 0.6 is 0 Å². The number of carbonyl (C=O) groups is 1. The number of carbonyl (C=O) groups excluding carboxylic acids is 1. The van der Waals surface area contributed by atoms with Gasteiger partial charge >= 0.3 is 0 Å². The molecule has 0 radical (unpaired) electrons. The Balaban J connectivity index is 2.18. The lowest BCUT2D eigenvalue weighted by Crippen LogP contribution is -2.20. The summed E-state index contributed by atoms with van der Waals surface area (Å²) in [5.41, 5.74) is 9.16. The number of nitrogens with zero attached hydrogens (tertiary/aromatic N) is 2. The Hall–Kier alpha value is -2.56. The highest BCUT2D eigenvalue weighted by molar-refractivity contribution is 5.96. The average molecular weight is 270 g/mol. The second kappa shape index (κ2) is 6.06. The number of pyridine rings is 1. The van der Waals surface area contributed by atoms with Crippen LogP contribution < -0.4 is 16.0 Å². The van der Waals surface area contributed by atoms with Crippen molar-refractivity contribution < 1.29 is 4.79 Å². The molecule has 0 bridgehead atoms. The van der Waals surface area contributed by atoms with Crippen LogP contribution in [-0.2, 0) is 6.54 Å². The normalized spacial score (nSPS) is 10.1. The van der Waals surface area contributed by atoms with Crippen molar-refractivity contribution >= 4 is 17.3 Å². The summed E-state index contributed by atoms with van der Waals surface area (Å²) in [4.78, 5) is 17.7. The summed E-state index contributed by atoms with van der Waals surface area (Å²) in [6.07, 6.45) is 3.57. The minimum absolute atomic E-state index is 0.141. The standard InChI is InChI=1S/C15H18N4O/c1-17-15(20)12-5-6-14(13(16)8-12)19(2)10-11-4-3-7-18-9-11/h3-9H,10,16H2,1-2H3,(H,17,20). The van der Waals surface area contributed by atoms with Gasteiger partial charge in [-0.2, -0.15) is 0 Å². The number of nitrogens with two attached hydrogens (primary N) is 1. The largest absolute Gasteiger partial charge is 0.397 e. The molecule has 1 heterocycles. The Labute approximate surface area is 118 Å². The Kier molecular flexibility index (Phi) is 4.20. The first-order chi connectivity index (χ1) is 9.61. The first-order valence-corrected chi connectivity index (χ1v) is 6.33. The molecular weight excluding hydrogens is 252 g/mol. The summed E-state index contributed by atoms with van der Waals surface area (Å²) in [7, 11) is 3.55. The van der Waals surface area contributed by atoms with Gasteiger partial charge in [0.15, 0.2) is 0 Å². The van der Waals surface area contributed by atoms with E-state index in [1.54, 1.807) is 25.4 Å². The number of hydrogen-bond acceptors (Lipinski definition) is 4. The summed E-state index contributed by atoms with van der Waals surface area (Å²) in [6.45, 7) is 0.706. The van der Waals surface area contributed by atoms with Gasteiger partial charge in [0, 0.05) is 38.6 Å². The van der Waals surface area contributed by atoms with Gasteiger partial charge in [-0.05, 0) is 29.8 Å². The zero-order valence-electron chi connectivity index (χ0n) is 11.6. The maximum atomic E-state index is 11.5. The van der Waals surface area contributed by atoms with Gasteiger partial charge in [0.2, 0.25) is 0 Å². The van der Waals surface area contributed by atoms with Gasteiger partial charge in [-0.25, -0.2) is 0 Å². The summed E-state index contributed by atoms with van der Waals surface area (Å²) in [6, 6.07) is 9.23. The van der Waals surface area contributed by atoms with Crippen molar-refractivity contribution in [1.82, 2.24) is 10.3 Å². The fourth-order valence-corrected chi connectivity index (χ4v) is 2.04. The fourth-order valence-electron chi connectivity index (χ4n) is 2.04. The average Bonchev–Trinajstić information content (AvgIpc) is 2.47. The molecule has 0 saturated heterocycles. The maximum absolute atomic E-state index is 11.5. The lowest BCUT2D eigenvalue weighted by Gasteiger charge is -2.21. The van der Waals surface area contributed by atoms with Crippen molar-refractivity contribution in [3.05, 3.63) is 53.9 Å². The molecule has 2 rings (SSSR count). The number of benzene rings is 1. The van der Waals surface area contributed by atoms with E-state index >= 15 is 0 Å². The molecule has 1 aromatic carbocycles. The molecule has 20 heavy (non-hydrogen) atoms. The second-order valence-corrected chi connectivity index (χ2v) is 4.57. The topological polar surface area (TPSA) is 71.2 Å². The van der Waals surface area contributed by atoms with Crippen molar-refractivity contribution in [2.24, 2.45) is 0 Å². The zero-order chi connectivity index (χ0) is 14.5. The lowest BCUT2D eigenvalue weighted by molar-refractivity contribution is 0.0963. The van der Waals surface area contributed by atoms with Crippen LogP contribution in [0, 0.1) is 0 Å². The SMILES string of the molecule is CNC(=O)c1ccc(N(C)Cc2cccnc2)c(N)c1. The van der Waals surface area contributed by atoms with E-state index in [1.165, 1.54) is 0 Å². The Morgan fingerprint density at radius 1 is 1.40 bits per heavy atom. The summed E-state index contributed by atoms with van der Waals surface area (Å²) < 4.78 is 0. The molecule has 0 unspecified atom stereocenters. The molecule has 1 aromatic heterocycles. The molecule has 0 aliphatic heterocycles.